The minimum atomic E-state index is -1.82. The molecule has 10 heteroatoms. The highest BCUT2D eigenvalue weighted by Gasteiger charge is 2.41. The van der Waals surface area contributed by atoms with Gasteiger partial charge in [0.1, 0.15) is 17.2 Å². The third-order valence-corrected chi connectivity index (χ3v) is 6.29. The third kappa shape index (κ3) is 7.82. The molecule has 1 heterocycles. The van der Waals surface area contributed by atoms with Gasteiger partial charge in [-0.25, -0.2) is 18.4 Å². The predicted molar refractivity (Wildman–Crippen MR) is 128 cm³/mol. The summed E-state index contributed by atoms with van der Waals surface area (Å²) in [6, 6.07) is 11.8. The van der Waals surface area contributed by atoms with Crippen LogP contribution in [0.5, 0.6) is 0 Å². The van der Waals surface area contributed by atoms with Gasteiger partial charge in [-0.1, -0.05) is 24.3 Å². The Balaban J connectivity index is 0.000000678. The summed E-state index contributed by atoms with van der Waals surface area (Å²) in [5.41, 5.74) is -0.0787. The van der Waals surface area contributed by atoms with Gasteiger partial charge in [-0.05, 0) is 80.2 Å². The number of carbonyl (C=O) groups excluding carboxylic acids is 1. The first-order chi connectivity index (χ1) is 16.9. The zero-order chi connectivity index (χ0) is 26.9. The summed E-state index contributed by atoms with van der Waals surface area (Å²) in [6.07, 6.45) is 2.85. The molecule has 0 saturated carbocycles. The molecule has 1 saturated heterocycles. The summed E-state index contributed by atoms with van der Waals surface area (Å²) >= 11 is 0. The molecule has 0 unspecified atom stereocenters. The number of hydrogen-bond acceptors (Lipinski definition) is 5. The molecule has 3 rings (SSSR count). The Bertz CT molecular complexity index is 962. The number of benzene rings is 2. The van der Waals surface area contributed by atoms with Crippen molar-refractivity contribution in [2.45, 2.75) is 31.3 Å². The van der Waals surface area contributed by atoms with Gasteiger partial charge in [-0.2, -0.15) is 0 Å². The largest absolute Gasteiger partial charge is 0.473 e. The molecular formula is C26H32F2N2O6. The van der Waals surface area contributed by atoms with Gasteiger partial charge in [-0.15, -0.1) is 0 Å². The zero-order valence-electron chi connectivity index (χ0n) is 20.4. The minimum absolute atomic E-state index is 0.0759. The summed E-state index contributed by atoms with van der Waals surface area (Å²) < 4.78 is 27.0. The summed E-state index contributed by atoms with van der Waals surface area (Å²) in [6.45, 7) is 2.47. The lowest BCUT2D eigenvalue weighted by Crippen LogP contribution is -2.44. The number of amides is 1. The van der Waals surface area contributed by atoms with Crippen LogP contribution in [0.3, 0.4) is 0 Å². The van der Waals surface area contributed by atoms with Gasteiger partial charge >= 0.3 is 11.9 Å². The van der Waals surface area contributed by atoms with Crippen molar-refractivity contribution in [3.05, 3.63) is 71.3 Å². The van der Waals surface area contributed by atoms with Crippen molar-refractivity contribution in [1.29, 1.82) is 0 Å². The number of carboxylic acids is 2. The van der Waals surface area contributed by atoms with Crippen molar-refractivity contribution >= 4 is 17.8 Å². The molecular weight excluding hydrogens is 474 g/mol. The fourth-order valence-electron chi connectivity index (χ4n) is 4.30. The first-order valence-electron chi connectivity index (χ1n) is 11.6. The predicted octanol–water partition coefficient (Wildman–Crippen LogP) is 2.94. The Labute approximate surface area is 208 Å². The van der Waals surface area contributed by atoms with Crippen LogP contribution in [0.15, 0.2) is 48.5 Å². The highest BCUT2D eigenvalue weighted by atomic mass is 19.1. The maximum atomic E-state index is 13.5. The van der Waals surface area contributed by atoms with Gasteiger partial charge in [0.2, 0.25) is 5.91 Å². The van der Waals surface area contributed by atoms with Crippen LogP contribution in [-0.4, -0.2) is 76.7 Å². The van der Waals surface area contributed by atoms with Crippen LogP contribution in [-0.2, 0) is 20.0 Å². The highest BCUT2D eigenvalue weighted by molar-refractivity contribution is 6.27. The smallest absolute Gasteiger partial charge is 0.414 e. The quantitative estimate of drug-likeness (QED) is 0.494. The molecule has 3 N–H and O–H groups in total. The van der Waals surface area contributed by atoms with Crippen LogP contribution in [0.2, 0.25) is 0 Å². The number of aliphatic hydroxyl groups is 1. The summed E-state index contributed by atoms with van der Waals surface area (Å²) in [4.78, 5) is 33.9. The lowest BCUT2D eigenvalue weighted by molar-refractivity contribution is -0.159. The average Bonchev–Trinajstić information content (AvgIpc) is 2.85. The fourth-order valence-corrected chi connectivity index (χ4v) is 4.30. The van der Waals surface area contributed by atoms with Crippen LogP contribution >= 0.6 is 0 Å². The van der Waals surface area contributed by atoms with Crippen molar-refractivity contribution in [2.24, 2.45) is 5.92 Å². The van der Waals surface area contributed by atoms with Crippen LogP contribution in [0.25, 0.3) is 0 Å². The number of carboxylic acid groups (broad SMARTS) is 2. The number of rotatable bonds is 7. The molecule has 1 aliphatic rings. The molecule has 0 spiro atoms. The van der Waals surface area contributed by atoms with Crippen molar-refractivity contribution < 1.29 is 38.5 Å². The number of carbonyl (C=O) groups is 3. The van der Waals surface area contributed by atoms with Crippen molar-refractivity contribution in [1.82, 2.24) is 9.80 Å². The van der Waals surface area contributed by atoms with Gasteiger partial charge in [0, 0.05) is 20.5 Å². The average molecular weight is 507 g/mol. The molecule has 0 bridgehead atoms. The van der Waals surface area contributed by atoms with E-state index in [0.717, 1.165) is 38.9 Å². The van der Waals surface area contributed by atoms with Crippen molar-refractivity contribution in [2.75, 3.05) is 33.7 Å². The second-order valence-corrected chi connectivity index (χ2v) is 8.90. The monoisotopic (exact) mass is 506 g/mol. The fraction of sp³-hybridized carbons (Fsp3) is 0.423. The molecule has 1 aliphatic heterocycles. The zero-order valence-corrected chi connectivity index (χ0v) is 20.4. The number of piperidine rings is 1. The van der Waals surface area contributed by atoms with Crippen LogP contribution in [0, 0.1) is 17.6 Å². The number of hydrogen-bond donors (Lipinski definition) is 3. The normalized spacial score (nSPS) is 14.5. The standard InChI is InChI=1S/C24H30F2N2O2.C2H2O4/c1-27(2)23(29)4-3-15-28-16-13-20(14-17-28)24(30,18-5-9-21(25)10-6-18)19-7-11-22(26)12-8-19;3-1(4)2(5)6/h5-12,20,30H,3-4,13-17H2,1-2H3;(H,3,4)(H,5,6). The number of halogens is 2. The van der Waals surface area contributed by atoms with E-state index in [1.165, 1.54) is 24.3 Å². The maximum absolute atomic E-state index is 13.5. The van der Waals surface area contributed by atoms with E-state index in [4.69, 9.17) is 19.8 Å². The lowest BCUT2D eigenvalue weighted by Gasteiger charge is -2.42. The van der Waals surface area contributed by atoms with Crippen LogP contribution in [0.4, 0.5) is 8.78 Å². The Hall–Kier alpha value is -3.37. The first kappa shape index (κ1) is 28.9. The second-order valence-electron chi connectivity index (χ2n) is 8.90. The van der Waals surface area contributed by atoms with E-state index < -0.39 is 17.5 Å². The van der Waals surface area contributed by atoms with Gasteiger partial charge < -0.3 is 25.1 Å². The molecule has 2 aromatic rings. The molecule has 8 nitrogen and oxygen atoms in total. The Kier molecular flexibility index (Phi) is 10.5. The Morgan fingerprint density at radius 1 is 0.889 bits per heavy atom. The van der Waals surface area contributed by atoms with Gasteiger partial charge in [0.05, 0.1) is 0 Å². The van der Waals surface area contributed by atoms with Crippen LogP contribution in [0.1, 0.15) is 36.8 Å². The van der Waals surface area contributed by atoms with E-state index in [0.29, 0.717) is 17.5 Å². The highest BCUT2D eigenvalue weighted by Crippen LogP contribution is 2.42. The van der Waals surface area contributed by atoms with E-state index >= 15 is 0 Å². The molecule has 1 amide bonds. The molecule has 2 aromatic carbocycles. The molecule has 1 fully saturated rings. The van der Waals surface area contributed by atoms with Crippen molar-refractivity contribution in [3.8, 4) is 0 Å². The van der Waals surface area contributed by atoms with Gasteiger partial charge in [0.15, 0.2) is 0 Å². The SMILES string of the molecule is CN(C)C(=O)CCCN1CCC(C(O)(c2ccc(F)cc2)c2ccc(F)cc2)CC1.O=C(O)C(=O)O. The first-order valence-corrected chi connectivity index (χ1v) is 11.6. The second kappa shape index (κ2) is 13.1. The number of nitrogens with zero attached hydrogens (tertiary/aromatic N) is 2. The topological polar surface area (TPSA) is 118 Å². The van der Waals surface area contributed by atoms with E-state index in [1.807, 2.05) is 0 Å². The van der Waals surface area contributed by atoms with E-state index in [-0.39, 0.29) is 23.5 Å². The van der Waals surface area contributed by atoms with Crippen molar-refractivity contribution in [3.63, 3.8) is 0 Å². The number of likely N-dealkylation sites (tertiary alicyclic amines) is 1. The van der Waals surface area contributed by atoms with E-state index in [2.05, 4.69) is 4.90 Å². The molecule has 36 heavy (non-hydrogen) atoms. The van der Waals surface area contributed by atoms with E-state index in [9.17, 15) is 18.7 Å². The van der Waals surface area contributed by atoms with Crippen LogP contribution < -0.4 is 0 Å². The molecule has 0 radical (unpaired) electrons. The Morgan fingerprint density at radius 2 is 1.31 bits per heavy atom. The molecule has 196 valence electrons. The summed E-state index contributed by atoms with van der Waals surface area (Å²) in [5, 5.41) is 26.6. The summed E-state index contributed by atoms with van der Waals surface area (Å²) in [5.74, 6) is -4.31. The number of aliphatic carboxylic acids is 2. The third-order valence-electron chi connectivity index (χ3n) is 6.29. The van der Waals surface area contributed by atoms with Gasteiger partial charge in [0.25, 0.3) is 0 Å². The molecule has 0 aliphatic carbocycles. The maximum Gasteiger partial charge on any atom is 0.414 e. The summed E-state index contributed by atoms with van der Waals surface area (Å²) in [7, 11) is 3.53. The molecule has 0 aromatic heterocycles. The minimum Gasteiger partial charge on any atom is -0.473 e. The van der Waals surface area contributed by atoms with Gasteiger partial charge in [-0.3, -0.25) is 4.79 Å². The molecule has 0 atom stereocenters. The van der Waals surface area contributed by atoms with E-state index in [1.54, 1.807) is 43.3 Å². The lowest BCUT2D eigenvalue weighted by atomic mass is 9.72. The Morgan fingerprint density at radius 3 is 1.67 bits per heavy atom.